The summed E-state index contributed by atoms with van der Waals surface area (Å²) in [6.07, 6.45) is 5.49. The summed E-state index contributed by atoms with van der Waals surface area (Å²) in [6.45, 7) is 1.97. The molecule has 0 saturated heterocycles. The molecule has 4 rings (SSSR count). The number of imidazole rings is 1. The van der Waals surface area contributed by atoms with Gasteiger partial charge in [0.1, 0.15) is 17.6 Å². The van der Waals surface area contributed by atoms with Crippen LogP contribution in [0.15, 0.2) is 54.3 Å². The van der Waals surface area contributed by atoms with Crippen molar-refractivity contribution in [1.29, 1.82) is 0 Å². The molecule has 0 bridgehead atoms. The molecular weight excluding hydrogens is 406 g/mol. The van der Waals surface area contributed by atoms with Crippen LogP contribution in [0, 0.1) is 6.92 Å². The standard InChI is InChI=1S/C21H20ClN5OS/c1-13-24-17(12-29-13)15-10-18(27(3)11-15)21(28)25-19(20-23-8-9-26(20)2)14-4-6-16(22)7-5-14/h4-12,19H,1-3H3,(H,25,28). The van der Waals surface area contributed by atoms with Gasteiger partial charge < -0.3 is 14.5 Å². The van der Waals surface area contributed by atoms with Crippen molar-refractivity contribution in [2.75, 3.05) is 0 Å². The van der Waals surface area contributed by atoms with Crippen LogP contribution in [0.4, 0.5) is 0 Å². The molecule has 1 N–H and O–H groups in total. The van der Waals surface area contributed by atoms with Gasteiger partial charge in [0.15, 0.2) is 0 Å². The van der Waals surface area contributed by atoms with E-state index in [1.165, 1.54) is 0 Å². The number of carbonyl (C=O) groups excluding carboxylic acids is 1. The molecule has 0 saturated carbocycles. The normalized spacial score (nSPS) is 12.1. The number of thiazole rings is 1. The minimum atomic E-state index is -0.403. The molecule has 8 heteroatoms. The van der Waals surface area contributed by atoms with Crippen molar-refractivity contribution in [2.24, 2.45) is 14.1 Å². The summed E-state index contributed by atoms with van der Waals surface area (Å²) in [5.41, 5.74) is 3.25. The number of halogens is 1. The van der Waals surface area contributed by atoms with Gasteiger partial charge in [0.2, 0.25) is 0 Å². The fourth-order valence-electron chi connectivity index (χ4n) is 3.24. The zero-order valence-corrected chi connectivity index (χ0v) is 17.8. The van der Waals surface area contributed by atoms with E-state index in [0.29, 0.717) is 10.7 Å². The lowest BCUT2D eigenvalue weighted by molar-refractivity contribution is 0.0933. The molecule has 3 heterocycles. The summed E-state index contributed by atoms with van der Waals surface area (Å²) in [5, 5.41) is 6.75. The first-order valence-corrected chi connectivity index (χ1v) is 10.3. The van der Waals surface area contributed by atoms with Crippen molar-refractivity contribution in [3.63, 3.8) is 0 Å². The van der Waals surface area contributed by atoms with Crippen LogP contribution in [-0.2, 0) is 14.1 Å². The van der Waals surface area contributed by atoms with Crippen LogP contribution >= 0.6 is 22.9 Å². The number of rotatable bonds is 5. The Morgan fingerprint density at radius 1 is 1.21 bits per heavy atom. The van der Waals surface area contributed by atoms with E-state index >= 15 is 0 Å². The third-order valence-electron chi connectivity index (χ3n) is 4.75. The molecule has 148 valence electrons. The Morgan fingerprint density at radius 2 is 1.97 bits per heavy atom. The predicted molar refractivity (Wildman–Crippen MR) is 115 cm³/mol. The fraction of sp³-hybridized carbons (Fsp3) is 0.190. The fourth-order valence-corrected chi connectivity index (χ4v) is 3.99. The highest BCUT2D eigenvalue weighted by molar-refractivity contribution is 7.09. The van der Waals surface area contributed by atoms with Crippen LogP contribution in [0.3, 0.4) is 0 Å². The summed E-state index contributed by atoms with van der Waals surface area (Å²) >= 11 is 7.63. The maximum Gasteiger partial charge on any atom is 0.268 e. The molecule has 6 nitrogen and oxygen atoms in total. The van der Waals surface area contributed by atoms with Gasteiger partial charge in [-0.3, -0.25) is 4.79 Å². The molecule has 1 amide bonds. The van der Waals surface area contributed by atoms with Crippen LogP contribution in [0.2, 0.25) is 5.02 Å². The van der Waals surface area contributed by atoms with Gasteiger partial charge in [0, 0.05) is 48.7 Å². The van der Waals surface area contributed by atoms with E-state index in [9.17, 15) is 4.79 Å². The highest BCUT2D eigenvalue weighted by Crippen LogP contribution is 2.26. The van der Waals surface area contributed by atoms with Crippen molar-refractivity contribution in [1.82, 2.24) is 24.4 Å². The average molecular weight is 426 g/mol. The van der Waals surface area contributed by atoms with Crippen LogP contribution in [0.1, 0.15) is 32.9 Å². The van der Waals surface area contributed by atoms with Crippen molar-refractivity contribution < 1.29 is 4.79 Å². The Bertz CT molecular complexity index is 1160. The van der Waals surface area contributed by atoms with E-state index in [2.05, 4.69) is 15.3 Å². The van der Waals surface area contributed by atoms with Gasteiger partial charge in [-0.05, 0) is 30.7 Å². The van der Waals surface area contributed by atoms with Gasteiger partial charge in [-0.2, -0.15) is 0 Å². The Kier molecular flexibility index (Phi) is 5.25. The SMILES string of the molecule is Cc1nc(-c2cc(C(=O)NC(c3ccc(Cl)cc3)c3nccn3C)n(C)c2)cs1. The molecule has 29 heavy (non-hydrogen) atoms. The number of nitrogens with zero attached hydrogens (tertiary/aromatic N) is 4. The molecule has 0 fully saturated rings. The molecule has 1 aromatic carbocycles. The van der Waals surface area contributed by atoms with Crippen LogP contribution in [0.5, 0.6) is 0 Å². The highest BCUT2D eigenvalue weighted by Gasteiger charge is 2.23. The number of carbonyl (C=O) groups is 1. The lowest BCUT2D eigenvalue weighted by Gasteiger charge is -2.19. The van der Waals surface area contributed by atoms with E-state index in [-0.39, 0.29) is 5.91 Å². The van der Waals surface area contributed by atoms with Crippen LogP contribution in [0.25, 0.3) is 11.3 Å². The lowest BCUT2D eigenvalue weighted by Crippen LogP contribution is -2.32. The largest absolute Gasteiger partial charge is 0.346 e. The van der Waals surface area contributed by atoms with Crippen molar-refractivity contribution in [3.8, 4) is 11.3 Å². The third kappa shape index (κ3) is 3.97. The minimum absolute atomic E-state index is 0.186. The number of amides is 1. The summed E-state index contributed by atoms with van der Waals surface area (Å²) in [7, 11) is 3.76. The number of hydrogen-bond acceptors (Lipinski definition) is 4. The Labute approximate surface area is 177 Å². The van der Waals surface area contributed by atoms with Crippen molar-refractivity contribution in [3.05, 3.63) is 81.4 Å². The Morgan fingerprint density at radius 3 is 2.59 bits per heavy atom. The van der Waals surface area contributed by atoms with Gasteiger partial charge >= 0.3 is 0 Å². The van der Waals surface area contributed by atoms with E-state index < -0.39 is 6.04 Å². The number of benzene rings is 1. The number of nitrogens with one attached hydrogen (secondary N) is 1. The van der Waals surface area contributed by atoms with E-state index in [1.807, 2.05) is 78.3 Å². The summed E-state index contributed by atoms with van der Waals surface area (Å²) in [6, 6.07) is 8.88. The smallest absolute Gasteiger partial charge is 0.268 e. The molecule has 0 spiro atoms. The van der Waals surface area contributed by atoms with Crippen LogP contribution < -0.4 is 5.32 Å². The summed E-state index contributed by atoms with van der Waals surface area (Å²) < 4.78 is 3.71. The Balaban J connectivity index is 1.66. The molecule has 4 aromatic rings. The molecule has 0 aliphatic carbocycles. The van der Waals surface area contributed by atoms with E-state index in [4.69, 9.17) is 11.6 Å². The van der Waals surface area contributed by atoms with Crippen LogP contribution in [-0.4, -0.2) is 25.0 Å². The Hall–Kier alpha value is -2.90. The number of hydrogen-bond donors (Lipinski definition) is 1. The topological polar surface area (TPSA) is 64.7 Å². The molecule has 0 radical (unpaired) electrons. The van der Waals surface area contributed by atoms with Gasteiger partial charge in [-0.15, -0.1) is 11.3 Å². The molecule has 0 aliphatic rings. The maximum absolute atomic E-state index is 13.2. The van der Waals surface area contributed by atoms with Gasteiger partial charge in [-0.25, -0.2) is 9.97 Å². The van der Waals surface area contributed by atoms with Gasteiger partial charge in [0.25, 0.3) is 5.91 Å². The van der Waals surface area contributed by atoms with E-state index in [1.54, 1.807) is 17.5 Å². The lowest BCUT2D eigenvalue weighted by atomic mass is 10.1. The maximum atomic E-state index is 13.2. The average Bonchev–Trinajstić information content (AvgIpc) is 3.40. The van der Waals surface area contributed by atoms with Crippen molar-refractivity contribution >= 4 is 28.8 Å². The zero-order chi connectivity index (χ0) is 20.5. The highest BCUT2D eigenvalue weighted by atomic mass is 35.5. The second kappa shape index (κ2) is 7.85. The molecular formula is C21H20ClN5OS. The summed E-state index contributed by atoms with van der Waals surface area (Å²) in [4.78, 5) is 22.1. The molecule has 1 unspecified atom stereocenters. The molecule has 0 aliphatic heterocycles. The van der Waals surface area contributed by atoms with Gasteiger partial charge in [-0.1, -0.05) is 23.7 Å². The summed E-state index contributed by atoms with van der Waals surface area (Å²) in [5.74, 6) is 0.555. The number of aryl methyl sites for hydroxylation is 3. The molecule has 3 aromatic heterocycles. The monoisotopic (exact) mass is 425 g/mol. The molecule has 1 atom stereocenters. The van der Waals surface area contributed by atoms with Gasteiger partial charge in [0.05, 0.1) is 10.7 Å². The van der Waals surface area contributed by atoms with E-state index in [0.717, 1.165) is 27.7 Å². The zero-order valence-electron chi connectivity index (χ0n) is 16.3. The predicted octanol–water partition coefficient (Wildman–Crippen LogP) is 4.36. The number of aromatic nitrogens is 4. The minimum Gasteiger partial charge on any atom is -0.346 e. The first kappa shape index (κ1) is 19.4. The first-order chi connectivity index (χ1) is 13.9. The second-order valence-electron chi connectivity index (χ2n) is 6.83. The first-order valence-electron chi connectivity index (χ1n) is 9.05. The van der Waals surface area contributed by atoms with Crippen molar-refractivity contribution in [2.45, 2.75) is 13.0 Å². The third-order valence-corrected chi connectivity index (χ3v) is 5.77. The quantitative estimate of drug-likeness (QED) is 0.516. The second-order valence-corrected chi connectivity index (χ2v) is 8.33.